The number of ether oxygens (including phenoxy) is 1. The van der Waals surface area contributed by atoms with E-state index in [2.05, 4.69) is 0 Å². The van der Waals surface area contributed by atoms with Crippen LogP contribution in [0.15, 0.2) is 18.2 Å². The SMILES string of the molecule is CC(=O)Oc1c(C)cccc1C(N)=O. The summed E-state index contributed by atoms with van der Waals surface area (Å²) in [5.41, 5.74) is 6.06. The molecule has 1 amide bonds. The molecule has 0 aliphatic carbocycles. The lowest BCUT2D eigenvalue weighted by atomic mass is 10.1. The minimum absolute atomic E-state index is 0.222. The second-order valence-corrected chi connectivity index (χ2v) is 2.91. The van der Waals surface area contributed by atoms with Gasteiger partial charge in [-0.05, 0) is 18.6 Å². The van der Waals surface area contributed by atoms with Gasteiger partial charge in [0.25, 0.3) is 5.91 Å². The van der Waals surface area contributed by atoms with Crippen LogP contribution in [-0.2, 0) is 4.79 Å². The number of rotatable bonds is 2. The fourth-order valence-corrected chi connectivity index (χ4v) is 1.13. The Morgan fingerprint density at radius 2 is 2.00 bits per heavy atom. The van der Waals surface area contributed by atoms with Crippen molar-refractivity contribution >= 4 is 11.9 Å². The number of esters is 1. The smallest absolute Gasteiger partial charge is 0.308 e. The van der Waals surface area contributed by atoms with Crippen LogP contribution in [0.3, 0.4) is 0 Å². The van der Waals surface area contributed by atoms with Gasteiger partial charge in [-0.2, -0.15) is 0 Å². The zero-order chi connectivity index (χ0) is 10.7. The summed E-state index contributed by atoms with van der Waals surface area (Å²) in [6, 6.07) is 4.95. The van der Waals surface area contributed by atoms with Gasteiger partial charge in [-0.1, -0.05) is 12.1 Å². The number of benzene rings is 1. The second-order valence-electron chi connectivity index (χ2n) is 2.91. The number of aryl methyl sites for hydroxylation is 1. The first-order valence-electron chi connectivity index (χ1n) is 4.10. The average Bonchev–Trinajstić information content (AvgIpc) is 2.07. The third-order valence-corrected chi connectivity index (χ3v) is 1.72. The zero-order valence-electron chi connectivity index (χ0n) is 8.03. The lowest BCUT2D eigenvalue weighted by Gasteiger charge is -2.08. The van der Waals surface area contributed by atoms with Crippen LogP contribution in [0.5, 0.6) is 5.75 Å². The number of carbonyl (C=O) groups excluding carboxylic acids is 2. The summed E-state index contributed by atoms with van der Waals surface area (Å²) in [5.74, 6) is -0.834. The second kappa shape index (κ2) is 3.91. The largest absolute Gasteiger partial charge is 0.426 e. The standard InChI is InChI=1S/C10H11NO3/c1-6-4-3-5-8(10(11)13)9(6)14-7(2)12/h3-5H,1-2H3,(H2,11,13). The van der Waals surface area contributed by atoms with Crippen molar-refractivity contribution in [1.82, 2.24) is 0 Å². The van der Waals surface area contributed by atoms with Gasteiger partial charge in [0.2, 0.25) is 0 Å². The van der Waals surface area contributed by atoms with E-state index in [9.17, 15) is 9.59 Å². The zero-order valence-corrected chi connectivity index (χ0v) is 8.03. The van der Waals surface area contributed by atoms with Crippen molar-refractivity contribution in [2.75, 3.05) is 0 Å². The Hall–Kier alpha value is -1.84. The average molecular weight is 193 g/mol. The Kier molecular flexibility index (Phi) is 2.86. The Morgan fingerprint density at radius 3 is 2.50 bits per heavy atom. The van der Waals surface area contributed by atoms with Gasteiger partial charge in [0.15, 0.2) is 0 Å². The van der Waals surface area contributed by atoms with E-state index in [1.54, 1.807) is 19.1 Å². The molecular formula is C10H11NO3. The highest BCUT2D eigenvalue weighted by atomic mass is 16.5. The number of hydrogen-bond donors (Lipinski definition) is 1. The van der Waals surface area contributed by atoms with Crippen molar-refractivity contribution in [3.05, 3.63) is 29.3 Å². The normalized spacial score (nSPS) is 9.57. The van der Waals surface area contributed by atoms with Crippen LogP contribution in [0.2, 0.25) is 0 Å². The predicted octanol–water partition coefficient (Wildman–Crippen LogP) is 1.02. The van der Waals surface area contributed by atoms with Crippen LogP contribution >= 0.6 is 0 Å². The number of para-hydroxylation sites is 1. The summed E-state index contributed by atoms with van der Waals surface area (Å²) in [6.07, 6.45) is 0. The lowest BCUT2D eigenvalue weighted by molar-refractivity contribution is -0.131. The van der Waals surface area contributed by atoms with E-state index in [4.69, 9.17) is 10.5 Å². The summed E-state index contributed by atoms with van der Waals surface area (Å²) >= 11 is 0. The summed E-state index contributed by atoms with van der Waals surface area (Å²) < 4.78 is 4.90. The van der Waals surface area contributed by atoms with Crippen molar-refractivity contribution in [3.8, 4) is 5.75 Å². The highest BCUT2D eigenvalue weighted by Crippen LogP contribution is 2.22. The molecule has 2 N–H and O–H groups in total. The monoisotopic (exact) mass is 193 g/mol. The molecule has 0 spiro atoms. The first-order valence-corrected chi connectivity index (χ1v) is 4.10. The van der Waals surface area contributed by atoms with Gasteiger partial charge in [-0.3, -0.25) is 9.59 Å². The third-order valence-electron chi connectivity index (χ3n) is 1.72. The molecule has 0 atom stereocenters. The fourth-order valence-electron chi connectivity index (χ4n) is 1.13. The van der Waals surface area contributed by atoms with Gasteiger partial charge in [-0.25, -0.2) is 0 Å². The van der Waals surface area contributed by atoms with Gasteiger partial charge < -0.3 is 10.5 Å². The number of hydrogen-bond acceptors (Lipinski definition) is 3. The molecule has 4 nitrogen and oxygen atoms in total. The van der Waals surface area contributed by atoms with Crippen LogP contribution in [0.4, 0.5) is 0 Å². The lowest BCUT2D eigenvalue weighted by Crippen LogP contribution is -2.15. The molecule has 0 bridgehead atoms. The summed E-state index contributed by atoms with van der Waals surface area (Å²) in [6.45, 7) is 3.02. The van der Waals surface area contributed by atoms with Gasteiger partial charge in [-0.15, -0.1) is 0 Å². The van der Waals surface area contributed by atoms with Crippen molar-refractivity contribution in [2.45, 2.75) is 13.8 Å². The molecule has 0 heterocycles. The van der Waals surface area contributed by atoms with E-state index in [0.717, 1.165) is 0 Å². The molecule has 0 aliphatic heterocycles. The van der Waals surface area contributed by atoms with Crippen molar-refractivity contribution in [2.24, 2.45) is 5.73 Å². The highest BCUT2D eigenvalue weighted by Gasteiger charge is 2.12. The van der Waals surface area contributed by atoms with E-state index in [1.807, 2.05) is 0 Å². The molecule has 0 radical (unpaired) electrons. The minimum Gasteiger partial charge on any atom is -0.426 e. The molecule has 0 aliphatic rings. The van der Waals surface area contributed by atoms with E-state index in [0.29, 0.717) is 5.56 Å². The number of primary amides is 1. The molecule has 0 fully saturated rings. The molecule has 0 unspecified atom stereocenters. The van der Waals surface area contributed by atoms with Crippen molar-refractivity contribution in [1.29, 1.82) is 0 Å². The molecule has 0 saturated carbocycles. The summed E-state index contributed by atoms with van der Waals surface area (Å²) in [5, 5.41) is 0. The fraction of sp³-hybridized carbons (Fsp3) is 0.200. The van der Waals surface area contributed by atoms with Gasteiger partial charge in [0.1, 0.15) is 5.75 Å². The number of nitrogens with two attached hydrogens (primary N) is 1. The Bertz CT molecular complexity index is 385. The molecule has 74 valence electrons. The first-order chi connectivity index (χ1) is 6.52. The molecule has 1 aromatic carbocycles. The maximum absolute atomic E-state index is 11.0. The number of amides is 1. The molecule has 14 heavy (non-hydrogen) atoms. The van der Waals surface area contributed by atoms with Crippen LogP contribution in [0, 0.1) is 6.92 Å². The topological polar surface area (TPSA) is 69.4 Å². The molecule has 0 saturated heterocycles. The van der Waals surface area contributed by atoms with Crippen LogP contribution in [-0.4, -0.2) is 11.9 Å². The molecule has 1 aromatic rings. The van der Waals surface area contributed by atoms with E-state index in [-0.39, 0.29) is 11.3 Å². The molecule has 4 heteroatoms. The number of carbonyl (C=O) groups is 2. The Labute approximate surface area is 81.7 Å². The first kappa shape index (κ1) is 10.2. The van der Waals surface area contributed by atoms with Gasteiger partial charge in [0, 0.05) is 6.92 Å². The highest BCUT2D eigenvalue weighted by molar-refractivity contribution is 5.96. The Balaban J connectivity index is 3.22. The van der Waals surface area contributed by atoms with Gasteiger partial charge in [0.05, 0.1) is 5.56 Å². The van der Waals surface area contributed by atoms with E-state index in [1.165, 1.54) is 13.0 Å². The van der Waals surface area contributed by atoms with Gasteiger partial charge >= 0.3 is 5.97 Å². The third kappa shape index (κ3) is 2.10. The maximum Gasteiger partial charge on any atom is 0.308 e. The minimum atomic E-state index is -0.607. The maximum atomic E-state index is 11.0. The van der Waals surface area contributed by atoms with Crippen molar-refractivity contribution in [3.63, 3.8) is 0 Å². The van der Waals surface area contributed by atoms with E-state index >= 15 is 0 Å². The Morgan fingerprint density at radius 1 is 1.36 bits per heavy atom. The quantitative estimate of drug-likeness (QED) is 0.563. The van der Waals surface area contributed by atoms with Crippen LogP contribution in [0.1, 0.15) is 22.8 Å². The van der Waals surface area contributed by atoms with Crippen molar-refractivity contribution < 1.29 is 14.3 Å². The molecule has 1 rings (SSSR count). The molecule has 0 aromatic heterocycles. The summed E-state index contributed by atoms with van der Waals surface area (Å²) in [7, 11) is 0. The van der Waals surface area contributed by atoms with Crippen LogP contribution in [0.25, 0.3) is 0 Å². The molecular weight excluding hydrogens is 182 g/mol. The summed E-state index contributed by atoms with van der Waals surface area (Å²) in [4.78, 5) is 21.8. The predicted molar refractivity (Wildman–Crippen MR) is 51.0 cm³/mol. The van der Waals surface area contributed by atoms with E-state index < -0.39 is 11.9 Å². The van der Waals surface area contributed by atoms with Crippen LogP contribution < -0.4 is 10.5 Å².